The molecule has 4 nitrogen and oxygen atoms in total. The number of aliphatic imine (C=N–C) groups is 1. The molecule has 0 amide bonds. The van der Waals surface area contributed by atoms with Gasteiger partial charge in [-0.15, -0.1) is 0 Å². The number of thioether (sulfide) groups is 1. The third-order valence-corrected chi connectivity index (χ3v) is 4.25. The minimum atomic E-state index is 0.255. The average Bonchev–Trinajstić information content (AvgIpc) is 2.41. The summed E-state index contributed by atoms with van der Waals surface area (Å²) in [6, 6.07) is 7.44. The number of nitriles is 1. The molecule has 0 radical (unpaired) electrons. The molecule has 1 N–H and O–H groups in total. The molecule has 1 aliphatic heterocycles. The summed E-state index contributed by atoms with van der Waals surface area (Å²) in [7, 11) is 1.60. The fourth-order valence-corrected chi connectivity index (χ4v) is 2.65. The molecule has 1 aromatic rings. The molecule has 5 heteroatoms. The van der Waals surface area contributed by atoms with Crippen LogP contribution in [0, 0.1) is 16.7 Å². The quantitative estimate of drug-likeness (QED) is 0.901. The lowest BCUT2D eigenvalue weighted by molar-refractivity contribution is 0.416. The Morgan fingerprint density at radius 1 is 1.47 bits per heavy atom. The number of amidine groups is 1. The number of ether oxygens (including phenoxy) is 1. The molecule has 1 aromatic carbocycles. The molecule has 0 saturated heterocycles. The third-order valence-electron chi connectivity index (χ3n) is 2.82. The van der Waals surface area contributed by atoms with E-state index in [9.17, 15) is 0 Å². The number of benzene rings is 1. The number of hydrogen-bond acceptors (Lipinski definition) is 5. The molecule has 19 heavy (non-hydrogen) atoms. The van der Waals surface area contributed by atoms with Crippen LogP contribution in [0.25, 0.3) is 0 Å². The Morgan fingerprint density at radius 2 is 2.26 bits per heavy atom. The van der Waals surface area contributed by atoms with Crippen LogP contribution in [0.15, 0.2) is 23.2 Å². The lowest BCUT2D eigenvalue weighted by atomic mass is 9.97. The van der Waals surface area contributed by atoms with Crippen molar-refractivity contribution in [2.45, 2.75) is 13.8 Å². The molecule has 100 valence electrons. The van der Waals surface area contributed by atoms with E-state index >= 15 is 0 Å². The minimum Gasteiger partial charge on any atom is -0.495 e. The SMILES string of the molecule is COc1cc(C#N)ccc1NC1=NCC(C)(C)CS1. The molecule has 0 atom stereocenters. The van der Waals surface area contributed by atoms with Crippen LogP contribution < -0.4 is 10.1 Å². The molecule has 2 rings (SSSR count). The van der Waals surface area contributed by atoms with E-state index in [2.05, 4.69) is 30.2 Å². The average molecular weight is 275 g/mol. The van der Waals surface area contributed by atoms with Gasteiger partial charge >= 0.3 is 0 Å². The zero-order chi connectivity index (χ0) is 13.9. The van der Waals surface area contributed by atoms with Gasteiger partial charge in [0.15, 0.2) is 5.17 Å². The topological polar surface area (TPSA) is 57.4 Å². The number of nitrogens with zero attached hydrogens (tertiary/aromatic N) is 2. The largest absolute Gasteiger partial charge is 0.495 e. The van der Waals surface area contributed by atoms with E-state index in [-0.39, 0.29) is 5.41 Å². The Hall–Kier alpha value is -1.67. The van der Waals surface area contributed by atoms with Crippen LogP contribution in [0.5, 0.6) is 5.75 Å². The fourth-order valence-electron chi connectivity index (χ4n) is 1.70. The molecule has 1 aliphatic rings. The van der Waals surface area contributed by atoms with Crippen molar-refractivity contribution in [1.82, 2.24) is 0 Å². The zero-order valence-electron chi connectivity index (χ0n) is 11.4. The first kappa shape index (κ1) is 13.8. The number of nitrogens with one attached hydrogen (secondary N) is 1. The highest BCUT2D eigenvalue weighted by Gasteiger charge is 2.23. The van der Waals surface area contributed by atoms with Crippen LogP contribution >= 0.6 is 11.8 Å². The summed E-state index contributed by atoms with van der Waals surface area (Å²) >= 11 is 1.71. The van der Waals surface area contributed by atoms with Crippen LogP contribution in [-0.4, -0.2) is 24.6 Å². The smallest absolute Gasteiger partial charge is 0.161 e. The van der Waals surface area contributed by atoms with Crippen LogP contribution in [0.3, 0.4) is 0 Å². The maximum atomic E-state index is 8.87. The first-order chi connectivity index (χ1) is 9.04. The van der Waals surface area contributed by atoms with E-state index in [1.807, 2.05) is 6.07 Å². The van der Waals surface area contributed by atoms with Crippen LogP contribution in [0.1, 0.15) is 19.4 Å². The van der Waals surface area contributed by atoms with Gasteiger partial charge in [0.05, 0.1) is 24.4 Å². The Kier molecular flexibility index (Phi) is 4.01. The van der Waals surface area contributed by atoms with E-state index < -0.39 is 0 Å². The lowest BCUT2D eigenvalue weighted by Gasteiger charge is -2.27. The standard InChI is InChI=1S/C14H17N3OS/c1-14(2)8-16-13(19-9-14)17-11-5-4-10(7-15)6-12(11)18-3/h4-6H,8-9H2,1-3H3,(H,16,17). The molecular weight excluding hydrogens is 258 g/mol. The maximum absolute atomic E-state index is 8.87. The van der Waals surface area contributed by atoms with Gasteiger partial charge in [-0.25, -0.2) is 0 Å². The molecule has 0 aromatic heterocycles. The molecule has 0 fully saturated rings. The number of methoxy groups -OCH3 is 1. The monoisotopic (exact) mass is 275 g/mol. The van der Waals surface area contributed by atoms with Crippen molar-refractivity contribution in [2.75, 3.05) is 24.7 Å². The van der Waals surface area contributed by atoms with Crippen molar-refractivity contribution in [3.63, 3.8) is 0 Å². The van der Waals surface area contributed by atoms with Crippen LogP contribution in [-0.2, 0) is 0 Å². The Morgan fingerprint density at radius 3 is 2.84 bits per heavy atom. The highest BCUT2D eigenvalue weighted by Crippen LogP contribution is 2.31. The summed E-state index contributed by atoms with van der Waals surface area (Å²) in [5.74, 6) is 1.70. The van der Waals surface area contributed by atoms with Crippen molar-refractivity contribution in [3.05, 3.63) is 23.8 Å². The van der Waals surface area contributed by atoms with Crippen LogP contribution in [0.4, 0.5) is 5.69 Å². The van der Waals surface area contributed by atoms with Gasteiger partial charge in [0.1, 0.15) is 5.75 Å². The van der Waals surface area contributed by atoms with E-state index in [1.54, 1.807) is 31.0 Å². The number of rotatable bonds is 2. The molecule has 1 heterocycles. The minimum absolute atomic E-state index is 0.255. The highest BCUT2D eigenvalue weighted by molar-refractivity contribution is 8.14. The molecular formula is C14H17N3OS. The Labute approximate surface area is 117 Å². The van der Waals surface area contributed by atoms with Gasteiger partial charge < -0.3 is 10.1 Å². The van der Waals surface area contributed by atoms with Crippen LogP contribution in [0.2, 0.25) is 0 Å². The first-order valence-electron chi connectivity index (χ1n) is 6.06. The highest BCUT2D eigenvalue weighted by atomic mass is 32.2. The summed E-state index contributed by atoms with van der Waals surface area (Å²) < 4.78 is 5.29. The van der Waals surface area contributed by atoms with Gasteiger partial charge in [-0.1, -0.05) is 25.6 Å². The van der Waals surface area contributed by atoms with Crippen molar-refractivity contribution in [2.24, 2.45) is 10.4 Å². The zero-order valence-corrected chi connectivity index (χ0v) is 12.2. The molecule has 0 saturated carbocycles. The van der Waals surface area contributed by atoms with Gasteiger partial charge in [-0.2, -0.15) is 5.26 Å². The van der Waals surface area contributed by atoms with E-state index in [1.165, 1.54) is 0 Å². The summed E-state index contributed by atoms with van der Waals surface area (Å²) in [6.45, 7) is 5.24. The summed E-state index contributed by atoms with van der Waals surface area (Å²) in [5.41, 5.74) is 1.68. The summed E-state index contributed by atoms with van der Waals surface area (Å²) in [5, 5.41) is 13.0. The third kappa shape index (κ3) is 3.42. The van der Waals surface area contributed by atoms with Gasteiger partial charge in [0.2, 0.25) is 0 Å². The van der Waals surface area contributed by atoms with E-state index in [0.29, 0.717) is 11.3 Å². The van der Waals surface area contributed by atoms with Crippen molar-refractivity contribution in [1.29, 1.82) is 5.26 Å². The van der Waals surface area contributed by atoms with Gasteiger partial charge in [-0.05, 0) is 17.5 Å². The molecule has 0 aliphatic carbocycles. The summed E-state index contributed by atoms with van der Waals surface area (Å²) in [6.07, 6.45) is 0. The van der Waals surface area contributed by atoms with Crippen molar-refractivity contribution >= 4 is 22.6 Å². The predicted molar refractivity (Wildman–Crippen MR) is 79.9 cm³/mol. The normalized spacial score (nSPS) is 17.3. The van der Waals surface area contributed by atoms with Crippen molar-refractivity contribution in [3.8, 4) is 11.8 Å². The second kappa shape index (κ2) is 5.54. The predicted octanol–water partition coefficient (Wildman–Crippen LogP) is 3.11. The molecule has 0 unspecified atom stereocenters. The second-order valence-corrected chi connectivity index (χ2v) is 6.19. The van der Waals surface area contributed by atoms with Crippen molar-refractivity contribution < 1.29 is 4.74 Å². The lowest BCUT2D eigenvalue weighted by Crippen LogP contribution is -2.27. The second-order valence-electron chi connectivity index (χ2n) is 5.23. The maximum Gasteiger partial charge on any atom is 0.161 e. The fraction of sp³-hybridized carbons (Fsp3) is 0.429. The summed E-state index contributed by atoms with van der Waals surface area (Å²) in [4.78, 5) is 4.54. The number of hydrogen-bond donors (Lipinski definition) is 1. The van der Waals surface area contributed by atoms with E-state index in [0.717, 1.165) is 23.2 Å². The van der Waals surface area contributed by atoms with Gasteiger partial charge in [0, 0.05) is 18.4 Å². The first-order valence-corrected chi connectivity index (χ1v) is 7.05. The molecule has 0 bridgehead atoms. The van der Waals surface area contributed by atoms with Gasteiger partial charge in [0.25, 0.3) is 0 Å². The Balaban J connectivity index is 2.16. The molecule has 0 spiro atoms. The van der Waals surface area contributed by atoms with Gasteiger partial charge in [-0.3, -0.25) is 4.99 Å². The van der Waals surface area contributed by atoms with E-state index in [4.69, 9.17) is 10.00 Å². The Bertz CT molecular complexity index is 546. The number of anilines is 1.